The number of carboxylic acid groups (broad SMARTS) is 1. The monoisotopic (exact) mass is 336 g/mol. The molecule has 0 unspecified atom stereocenters. The van der Waals surface area contributed by atoms with E-state index in [0.29, 0.717) is 6.54 Å². The lowest BCUT2D eigenvalue weighted by Gasteiger charge is -2.13. The minimum absolute atomic E-state index is 0.0205. The van der Waals surface area contributed by atoms with Crippen LogP contribution in [-0.4, -0.2) is 34.9 Å². The summed E-state index contributed by atoms with van der Waals surface area (Å²) in [6.45, 7) is 0.0304. The third-order valence-electron chi connectivity index (χ3n) is 2.07. The standard InChI is InChI=1S/C10H13BrN2O4S/c11-8-2-1-6(18-8)5-12-10(17)13-7(3-4-14)9(15)16/h1-2,7,14H,3-5H2,(H,15,16)(H2,12,13,17)/t7-/m0/s1. The highest BCUT2D eigenvalue weighted by Gasteiger charge is 2.18. The number of nitrogens with one attached hydrogen (secondary N) is 2. The summed E-state index contributed by atoms with van der Waals surface area (Å²) in [5.41, 5.74) is 0. The van der Waals surface area contributed by atoms with Gasteiger partial charge in [0.05, 0.1) is 10.3 Å². The average molecular weight is 337 g/mol. The molecule has 1 heterocycles. The second kappa shape index (κ2) is 7.34. The number of hydrogen-bond donors (Lipinski definition) is 4. The molecule has 6 nitrogen and oxygen atoms in total. The Morgan fingerprint density at radius 3 is 2.67 bits per heavy atom. The van der Waals surface area contributed by atoms with Gasteiger partial charge in [0.1, 0.15) is 6.04 Å². The molecule has 4 N–H and O–H groups in total. The summed E-state index contributed by atoms with van der Waals surface area (Å²) in [5, 5.41) is 22.3. The molecule has 0 spiro atoms. The van der Waals surface area contributed by atoms with Crippen LogP contribution in [0.4, 0.5) is 4.79 Å². The Labute approximate surface area is 116 Å². The second-order valence-corrected chi connectivity index (χ2v) is 5.98. The predicted octanol–water partition coefficient (Wildman–Crippen LogP) is 1.15. The molecule has 0 aliphatic carbocycles. The van der Waals surface area contributed by atoms with Gasteiger partial charge >= 0.3 is 12.0 Å². The van der Waals surface area contributed by atoms with Gasteiger partial charge in [0.2, 0.25) is 0 Å². The molecule has 8 heteroatoms. The van der Waals surface area contributed by atoms with Crippen molar-refractivity contribution in [1.29, 1.82) is 0 Å². The van der Waals surface area contributed by atoms with Crippen LogP contribution in [0.5, 0.6) is 0 Å². The summed E-state index contributed by atoms with van der Waals surface area (Å²) in [5.74, 6) is -1.17. The molecule has 0 bridgehead atoms. The van der Waals surface area contributed by atoms with E-state index in [1.54, 1.807) is 0 Å². The number of carbonyl (C=O) groups is 2. The maximum Gasteiger partial charge on any atom is 0.326 e. The van der Waals surface area contributed by atoms with E-state index in [0.717, 1.165) is 8.66 Å². The van der Waals surface area contributed by atoms with Gasteiger partial charge in [-0.1, -0.05) is 0 Å². The van der Waals surface area contributed by atoms with Crippen LogP contribution in [0, 0.1) is 0 Å². The van der Waals surface area contributed by atoms with Crippen molar-refractivity contribution in [3.63, 3.8) is 0 Å². The molecule has 1 aromatic rings. The van der Waals surface area contributed by atoms with Crippen LogP contribution in [0.3, 0.4) is 0 Å². The number of aliphatic hydroxyl groups is 1. The van der Waals surface area contributed by atoms with Crippen molar-refractivity contribution >= 4 is 39.3 Å². The van der Waals surface area contributed by atoms with Crippen LogP contribution in [0.1, 0.15) is 11.3 Å². The maximum atomic E-state index is 11.4. The molecule has 18 heavy (non-hydrogen) atoms. The summed E-state index contributed by atoms with van der Waals surface area (Å²) in [4.78, 5) is 23.1. The fourth-order valence-corrected chi connectivity index (χ4v) is 2.63. The lowest BCUT2D eigenvalue weighted by atomic mass is 10.2. The third kappa shape index (κ3) is 5.03. The first-order chi connectivity index (χ1) is 8.52. The molecule has 0 aliphatic heterocycles. The number of carboxylic acids is 1. The van der Waals surface area contributed by atoms with Crippen molar-refractivity contribution in [2.45, 2.75) is 19.0 Å². The van der Waals surface area contributed by atoms with E-state index < -0.39 is 18.0 Å². The first kappa shape index (κ1) is 14.9. The van der Waals surface area contributed by atoms with E-state index in [-0.39, 0.29) is 13.0 Å². The van der Waals surface area contributed by atoms with E-state index in [4.69, 9.17) is 10.2 Å². The summed E-state index contributed by atoms with van der Waals surface area (Å²) in [6.07, 6.45) is -0.0205. The smallest absolute Gasteiger partial charge is 0.326 e. The Hall–Kier alpha value is -1.12. The van der Waals surface area contributed by atoms with E-state index in [9.17, 15) is 9.59 Å². The van der Waals surface area contributed by atoms with Crippen LogP contribution in [0.15, 0.2) is 15.9 Å². The van der Waals surface area contributed by atoms with E-state index >= 15 is 0 Å². The zero-order valence-corrected chi connectivity index (χ0v) is 11.8. The Balaban J connectivity index is 2.38. The van der Waals surface area contributed by atoms with Crippen LogP contribution < -0.4 is 10.6 Å². The lowest BCUT2D eigenvalue weighted by Crippen LogP contribution is -2.46. The lowest BCUT2D eigenvalue weighted by molar-refractivity contribution is -0.139. The molecule has 0 saturated heterocycles. The molecule has 0 aliphatic rings. The van der Waals surface area contributed by atoms with Gasteiger partial charge in [-0.25, -0.2) is 9.59 Å². The zero-order valence-electron chi connectivity index (χ0n) is 9.35. The number of rotatable bonds is 6. The molecule has 0 aromatic carbocycles. The van der Waals surface area contributed by atoms with Crippen molar-refractivity contribution in [2.24, 2.45) is 0 Å². The SMILES string of the molecule is O=C(NCc1ccc(Br)s1)N[C@@H](CCO)C(=O)O. The minimum atomic E-state index is -1.17. The topological polar surface area (TPSA) is 98.7 Å². The van der Waals surface area contributed by atoms with E-state index in [1.807, 2.05) is 12.1 Å². The molecule has 0 radical (unpaired) electrons. The number of aliphatic hydroxyl groups excluding tert-OH is 1. The molecular weight excluding hydrogens is 324 g/mol. The minimum Gasteiger partial charge on any atom is -0.480 e. The van der Waals surface area contributed by atoms with Gasteiger partial charge in [0.25, 0.3) is 0 Å². The number of amides is 2. The number of urea groups is 1. The first-order valence-corrected chi connectivity index (χ1v) is 6.76. The highest BCUT2D eigenvalue weighted by atomic mass is 79.9. The highest BCUT2D eigenvalue weighted by Crippen LogP contribution is 2.21. The van der Waals surface area contributed by atoms with Gasteiger partial charge in [-0.2, -0.15) is 0 Å². The van der Waals surface area contributed by atoms with Gasteiger partial charge in [-0.15, -0.1) is 11.3 Å². The summed E-state index contributed by atoms with van der Waals surface area (Å²) in [7, 11) is 0. The molecule has 1 atom stereocenters. The highest BCUT2D eigenvalue weighted by molar-refractivity contribution is 9.11. The van der Waals surface area contributed by atoms with Crippen LogP contribution in [0.25, 0.3) is 0 Å². The second-order valence-electron chi connectivity index (χ2n) is 3.44. The zero-order chi connectivity index (χ0) is 13.5. The molecule has 1 rings (SSSR count). The molecule has 0 saturated carbocycles. The molecule has 1 aromatic heterocycles. The van der Waals surface area contributed by atoms with Crippen molar-refractivity contribution in [3.05, 3.63) is 20.8 Å². The van der Waals surface area contributed by atoms with Crippen molar-refractivity contribution in [1.82, 2.24) is 10.6 Å². The summed E-state index contributed by atoms with van der Waals surface area (Å²) < 4.78 is 0.961. The first-order valence-electron chi connectivity index (χ1n) is 5.15. The number of halogens is 1. The number of aliphatic carboxylic acids is 1. The normalized spacial score (nSPS) is 11.9. The molecular formula is C10H13BrN2O4S. The Morgan fingerprint density at radius 2 is 2.17 bits per heavy atom. The fourth-order valence-electron chi connectivity index (χ4n) is 1.21. The fraction of sp³-hybridized carbons (Fsp3) is 0.400. The van der Waals surface area contributed by atoms with Gasteiger partial charge < -0.3 is 20.8 Å². The van der Waals surface area contributed by atoms with Crippen LogP contribution in [-0.2, 0) is 11.3 Å². The van der Waals surface area contributed by atoms with Crippen LogP contribution >= 0.6 is 27.3 Å². The molecule has 100 valence electrons. The largest absolute Gasteiger partial charge is 0.480 e. The molecule has 0 fully saturated rings. The maximum absolute atomic E-state index is 11.4. The van der Waals surface area contributed by atoms with E-state index in [2.05, 4.69) is 26.6 Å². The summed E-state index contributed by atoms with van der Waals surface area (Å²) in [6, 6.07) is 2.08. The van der Waals surface area contributed by atoms with Gasteiger partial charge in [-0.3, -0.25) is 0 Å². The van der Waals surface area contributed by atoms with Gasteiger partial charge in [-0.05, 0) is 28.1 Å². The van der Waals surface area contributed by atoms with Gasteiger partial charge in [0, 0.05) is 17.9 Å². The Bertz CT molecular complexity index is 424. The Morgan fingerprint density at radius 1 is 1.44 bits per heavy atom. The predicted molar refractivity (Wildman–Crippen MR) is 70.5 cm³/mol. The Kier molecular flexibility index (Phi) is 6.10. The number of hydrogen-bond acceptors (Lipinski definition) is 4. The van der Waals surface area contributed by atoms with Crippen molar-refractivity contribution in [3.8, 4) is 0 Å². The third-order valence-corrected chi connectivity index (χ3v) is 3.70. The average Bonchev–Trinajstić information content (AvgIpc) is 2.72. The van der Waals surface area contributed by atoms with Gasteiger partial charge in [0.15, 0.2) is 0 Å². The number of thiophene rings is 1. The van der Waals surface area contributed by atoms with Crippen molar-refractivity contribution < 1.29 is 19.8 Å². The van der Waals surface area contributed by atoms with Crippen LogP contribution in [0.2, 0.25) is 0 Å². The molecule has 2 amide bonds. The summed E-state index contributed by atoms with van der Waals surface area (Å²) >= 11 is 4.79. The van der Waals surface area contributed by atoms with E-state index in [1.165, 1.54) is 11.3 Å². The quantitative estimate of drug-likeness (QED) is 0.626. The van der Waals surface area contributed by atoms with Crippen molar-refractivity contribution in [2.75, 3.05) is 6.61 Å². The number of carbonyl (C=O) groups excluding carboxylic acids is 1.